The first-order valence-electron chi connectivity index (χ1n) is 24.0. The first kappa shape index (κ1) is 52.3. The van der Waals surface area contributed by atoms with E-state index in [1.807, 2.05) is 54.1 Å². The predicted octanol–water partition coefficient (Wildman–Crippen LogP) is 3.82. The van der Waals surface area contributed by atoms with Crippen LogP contribution in [0.3, 0.4) is 0 Å². The number of hydrogen-bond acceptors (Lipinski definition) is 13. The Morgan fingerprint density at radius 2 is 1.59 bits per heavy atom. The predicted molar refractivity (Wildman–Crippen MR) is 272 cm³/mol. The lowest BCUT2D eigenvalue weighted by Gasteiger charge is -2.35. The fraction of sp³-hybridized carbons (Fsp3) is 0.469. The van der Waals surface area contributed by atoms with Gasteiger partial charge in [0.05, 0.1) is 23.5 Å². The van der Waals surface area contributed by atoms with Crippen LogP contribution in [0.15, 0.2) is 53.9 Å². The van der Waals surface area contributed by atoms with E-state index in [2.05, 4.69) is 43.5 Å². The molecule has 9 N–H and O–H groups in total. The number of aromatic nitrogens is 3. The van der Waals surface area contributed by atoms with Crippen molar-refractivity contribution in [1.29, 1.82) is 0 Å². The Labute approximate surface area is 423 Å². The number of fused-ring (bicyclic) bond motifs is 1. The number of rotatable bonds is 11. The molecule has 0 aromatic carbocycles. The second-order valence-electron chi connectivity index (χ2n) is 18.1. The second-order valence-corrected chi connectivity index (χ2v) is 21.1. The maximum absolute atomic E-state index is 15.4. The van der Waals surface area contributed by atoms with E-state index in [0.29, 0.717) is 36.9 Å². The van der Waals surface area contributed by atoms with Crippen LogP contribution in [-0.4, -0.2) is 110 Å². The number of carbonyl (C=O) groups is 8. The Kier molecular flexibility index (Phi) is 18.1. The summed E-state index contributed by atoms with van der Waals surface area (Å²) < 4.78 is 1.63. The zero-order valence-corrected chi connectivity index (χ0v) is 42.0. The SMILES string of the molecule is C=Cc1c(C[C@@H]2NC(=O)[C@@H]3C[C@H](n4cc(-c5ccc(-c6cccs6)s5)nn4)CN3C(=O)[C@H](C3CCCCC3)NC(=O)[C@H](CC(N)=O)NC(=O)CCC(=O)NCCCC[C@@H](C(N)=O)NC2=O)csc1/C=C\C. The molecule has 6 heterocycles. The molecule has 3 fully saturated rings. The Morgan fingerprint density at radius 1 is 0.845 bits per heavy atom. The second kappa shape index (κ2) is 24.5. The van der Waals surface area contributed by atoms with E-state index in [-0.39, 0.29) is 51.1 Å². The van der Waals surface area contributed by atoms with Gasteiger partial charge in [-0.15, -0.1) is 39.1 Å². The van der Waals surface area contributed by atoms with Crippen LogP contribution in [0.4, 0.5) is 0 Å². The van der Waals surface area contributed by atoms with Crippen LogP contribution in [-0.2, 0) is 44.8 Å². The maximum atomic E-state index is 15.4. The van der Waals surface area contributed by atoms with Crippen LogP contribution in [0, 0.1) is 5.92 Å². The molecule has 4 aromatic rings. The van der Waals surface area contributed by atoms with Crippen molar-refractivity contribution in [1.82, 2.24) is 46.5 Å². The third-order valence-corrected chi connectivity index (χ3v) is 16.3. The van der Waals surface area contributed by atoms with Gasteiger partial charge in [0, 0.05) is 53.4 Å². The van der Waals surface area contributed by atoms with Crippen molar-refractivity contribution in [3.8, 4) is 20.3 Å². The third-order valence-electron chi connectivity index (χ3n) is 13.1. The summed E-state index contributed by atoms with van der Waals surface area (Å²) in [4.78, 5) is 116. The van der Waals surface area contributed by atoms with Crippen LogP contribution in [0.2, 0.25) is 0 Å². The Bertz CT molecular complexity index is 2620. The summed E-state index contributed by atoms with van der Waals surface area (Å²) in [5.74, 6) is -5.94. The number of amides is 8. The topological polar surface area (TPSA) is 283 Å². The molecule has 6 atom stereocenters. The largest absolute Gasteiger partial charge is 0.370 e. The number of allylic oxidation sites excluding steroid dienone is 1. The zero-order chi connectivity index (χ0) is 50.6. The van der Waals surface area contributed by atoms with Gasteiger partial charge in [-0.25, -0.2) is 4.68 Å². The molecular weight excluding hydrogens is 967 g/mol. The average molecular weight is 1030 g/mol. The number of hydrogen-bond donors (Lipinski definition) is 7. The third kappa shape index (κ3) is 13.5. The number of nitrogens with two attached hydrogens (primary N) is 2. The fourth-order valence-electron chi connectivity index (χ4n) is 9.41. The molecule has 2 aliphatic heterocycles. The van der Waals surface area contributed by atoms with Crippen molar-refractivity contribution >= 4 is 93.4 Å². The lowest BCUT2D eigenvalue weighted by Crippen LogP contribution is -2.60. The van der Waals surface area contributed by atoms with Crippen molar-refractivity contribution in [2.75, 3.05) is 13.1 Å². The number of nitrogens with one attached hydrogen (secondary N) is 5. The minimum atomic E-state index is -1.47. The standard InChI is InChI=1S/C49H61N11O8S3/c1-3-11-37-31(4-2)29(27-70-37)22-33-46(65)54-32(45(51)64)14-8-9-20-52-42(62)18-19-43(63)53-34(24-41(50)61)47(66)56-44(28-12-6-5-7-13-28)49(68)59-25-30(23-36(59)48(67)55-33)60-26-35(57-58-60)38-16-17-40(71-38)39-15-10-21-69-39/h3-4,10-11,15-17,21,26-28,30,32-34,36,44H,2,5-9,12-14,18-20,22-25H2,1H3,(H2,50,61)(H2,51,64)(H,52,62)(H,53,63)(H,54,65)(H,55,67)(H,56,66)/b11-3-/t30-,32-,33-,34-,36-,44-/m0/s1. The van der Waals surface area contributed by atoms with Crippen LogP contribution < -0.4 is 38.1 Å². The normalized spacial score (nSPS) is 24.1. The smallest absolute Gasteiger partial charge is 0.246 e. The van der Waals surface area contributed by atoms with Gasteiger partial charge < -0.3 is 43.0 Å². The molecule has 7 rings (SSSR count). The summed E-state index contributed by atoms with van der Waals surface area (Å²) in [6.45, 7) is 6.04. The molecule has 378 valence electrons. The molecule has 22 heteroatoms. The number of nitrogens with zero attached hydrogens (tertiary/aromatic N) is 4. The zero-order valence-electron chi connectivity index (χ0n) is 39.6. The summed E-state index contributed by atoms with van der Waals surface area (Å²) in [6.07, 6.45) is 10.6. The van der Waals surface area contributed by atoms with E-state index in [9.17, 15) is 28.8 Å². The molecular formula is C49H61N11O8S3. The van der Waals surface area contributed by atoms with E-state index in [1.54, 1.807) is 39.6 Å². The molecule has 0 radical (unpaired) electrons. The number of thiophene rings is 3. The van der Waals surface area contributed by atoms with Crippen molar-refractivity contribution < 1.29 is 38.4 Å². The fourth-order valence-corrected chi connectivity index (χ4v) is 12.3. The Hall–Kier alpha value is -6.52. The average Bonchev–Trinajstić information content (AvgIpc) is 4.22. The molecule has 1 aliphatic carbocycles. The highest BCUT2D eigenvalue weighted by Gasteiger charge is 2.46. The van der Waals surface area contributed by atoms with Gasteiger partial charge >= 0.3 is 0 Å². The molecule has 0 spiro atoms. The molecule has 2 saturated heterocycles. The minimum Gasteiger partial charge on any atom is -0.370 e. The molecule has 3 aliphatic rings. The first-order chi connectivity index (χ1) is 34.2. The van der Waals surface area contributed by atoms with E-state index in [0.717, 1.165) is 44.3 Å². The van der Waals surface area contributed by atoms with Crippen LogP contribution >= 0.6 is 34.0 Å². The lowest BCUT2D eigenvalue weighted by atomic mass is 9.83. The highest BCUT2D eigenvalue weighted by Crippen LogP contribution is 2.37. The van der Waals surface area contributed by atoms with Gasteiger partial charge in [-0.1, -0.05) is 49.3 Å². The van der Waals surface area contributed by atoms with Crippen molar-refractivity contribution in [2.24, 2.45) is 17.4 Å². The minimum absolute atomic E-state index is 0.0109. The van der Waals surface area contributed by atoms with Crippen molar-refractivity contribution in [3.63, 3.8) is 0 Å². The summed E-state index contributed by atoms with van der Waals surface area (Å²) in [6, 6.07) is 1.14. The first-order valence-corrected chi connectivity index (χ1v) is 26.6. The molecule has 0 unspecified atom stereocenters. The van der Waals surface area contributed by atoms with Gasteiger partial charge in [0.25, 0.3) is 0 Å². The molecule has 8 amide bonds. The summed E-state index contributed by atoms with van der Waals surface area (Å²) in [5.41, 5.74) is 13.5. The summed E-state index contributed by atoms with van der Waals surface area (Å²) >= 11 is 4.62. The van der Waals surface area contributed by atoms with Gasteiger partial charge in [-0.2, -0.15) is 0 Å². The van der Waals surface area contributed by atoms with Crippen molar-refractivity contribution in [3.05, 3.63) is 69.9 Å². The quantitative estimate of drug-likeness (QED) is 0.114. The van der Waals surface area contributed by atoms with Gasteiger partial charge in [-0.3, -0.25) is 38.4 Å². The molecule has 4 aromatic heterocycles. The number of carbonyl (C=O) groups excluding carboxylic acids is 8. The summed E-state index contributed by atoms with van der Waals surface area (Å²) in [5, 5.41) is 26.7. The van der Waals surface area contributed by atoms with Gasteiger partial charge in [0.2, 0.25) is 47.3 Å². The van der Waals surface area contributed by atoms with E-state index in [4.69, 9.17) is 11.5 Å². The number of primary amides is 2. The molecule has 71 heavy (non-hydrogen) atoms. The van der Waals surface area contributed by atoms with E-state index in [1.165, 1.54) is 16.2 Å². The van der Waals surface area contributed by atoms with Crippen molar-refractivity contribution in [2.45, 2.75) is 127 Å². The summed E-state index contributed by atoms with van der Waals surface area (Å²) in [7, 11) is 0. The lowest BCUT2D eigenvalue weighted by molar-refractivity contribution is -0.144. The van der Waals surface area contributed by atoms with Crippen LogP contribution in [0.25, 0.3) is 32.5 Å². The molecule has 0 bridgehead atoms. The Morgan fingerprint density at radius 3 is 2.31 bits per heavy atom. The molecule has 19 nitrogen and oxygen atoms in total. The maximum Gasteiger partial charge on any atom is 0.246 e. The van der Waals surface area contributed by atoms with Gasteiger partial charge in [0.15, 0.2) is 0 Å². The van der Waals surface area contributed by atoms with E-state index >= 15 is 9.59 Å². The highest BCUT2D eigenvalue weighted by atomic mass is 32.1. The molecule has 1 saturated carbocycles. The monoisotopic (exact) mass is 1030 g/mol. The van der Waals surface area contributed by atoms with E-state index < -0.39 is 89.9 Å². The highest BCUT2D eigenvalue weighted by molar-refractivity contribution is 7.23. The van der Waals surface area contributed by atoms with Crippen LogP contribution in [0.1, 0.15) is 106 Å². The van der Waals surface area contributed by atoms with Crippen LogP contribution in [0.5, 0.6) is 0 Å². The Balaban J connectivity index is 1.26. The van der Waals surface area contributed by atoms with Gasteiger partial charge in [-0.05, 0) is 91.1 Å². The van der Waals surface area contributed by atoms with Gasteiger partial charge in [0.1, 0.15) is 35.9 Å².